The first-order valence-electron chi connectivity index (χ1n) is 9.55. The van der Waals surface area contributed by atoms with Crippen LogP contribution in [-0.4, -0.2) is 62.7 Å². The van der Waals surface area contributed by atoms with Gasteiger partial charge in [-0.3, -0.25) is 4.79 Å². The van der Waals surface area contributed by atoms with E-state index < -0.39 is 0 Å². The van der Waals surface area contributed by atoms with Crippen molar-refractivity contribution in [1.82, 2.24) is 15.5 Å². The summed E-state index contributed by atoms with van der Waals surface area (Å²) in [5.74, 6) is 1.59. The van der Waals surface area contributed by atoms with Crippen LogP contribution in [0.2, 0.25) is 0 Å². The van der Waals surface area contributed by atoms with E-state index >= 15 is 0 Å². The summed E-state index contributed by atoms with van der Waals surface area (Å²) in [6, 6.07) is 0.345. The Morgan fingerprint density at radius 1 is 1.21 bits per heavy atom. The van der Waals surface area contributed by atoms with E-state index in [1.807, 2.05) is 18.9 Å². The first kappa shape index (κ1) is 19.0. The Morgan fingerprint density at radius 3 is 2.62 bits per heavy atom. The van der Waals surface area contributed by atoms with Gasteiger partial charge in [-0.15, -0.1) is 0 Å². The van der Waals surface area contributed by atoms with Gasteiger partial charge in [0.1, 0.15) is 6.54 Å². The predicted octanol–water partition coefficient (Wildman–Crippen LogP) is 1.76. The number of hydrogen-bond donors (Lipinski definition) is 2. The van der Waals surface area contributed by atoms with E-state index in [1.54, 1.807) is 0 Å². The highest BCUT2D eigenvalue weighted by molar-refractivity contribution is 5.84. The Bertz CT molecular complexity index is 404. The van der Waals surface area contributed by atoms with E-state index in [-0.39, 0.29) is 12.5 Å². The van der Waals surface area contributed by atoms with Gasteiger partial charge in [-0.2, -0.15) is 0 Å². The molecule has 0 aromatic carbocycles. The number of carbonyl (C=O) groups is 1. The fraction of sp³-hybridized carbons (Fsp3) is 0.889. The summed E-state index contributed by atoms with van der Waals surface area (Å²) in [6.07, 6.45) is 8.58. The number of aliphatic imine (C=N–C) groups is 1. The van der Waals surface area contributed by atoms with E-state index in [4.69, 9.17) is 4.74 Å². The fourth-order valence-electron chi connectivity index (χ4n) is 2.98. The molecule has 0 atom stereocenters. The summed E-state index contributed by atoms with van der Waals surface area (Å²) >= 11 is 0. The second-order valence-electron chi connectivity index (χ2n) is 7.01. The van der Waals surface area contributed by atoms with Crippen LogP contribution in [0.15, 0.2) is 4.99 Å². The third-order valence-corrected chi connectivity index (χ3v) is 4.66. The minimum atomic E-state index is 0.0238. The molecule has 2 fully saturated rings. The van der Waals surface area contributed by atoms with Crippen LogP contribution in [0.1, 0.15) is 51.9 Å². The van der Waals surface area contributed by atoms with Crippen molar-refractivity contribution < 1.29 is 9.53 Å². The fourth-order valence-corrected chi connectivity index (χ4v) is 2.98. The highest BCUT2D eigenvalue weighted by Crippen LogP contribution is 2.28. The van der Waals surface area contributed by atoms with Crippen molar-refractivity contribution >= 4 is 11.9 Å². The summed E-state index contributed by atoms with van der Waals surface area (Å²) < 4.78 is 5.68. The molecule has 0 aromatic heterocycles. The monoisotopic (exact) mass is 338 g/mol. The SMILES string of the molecule is CCNC(=NCC(=O)NC1CCCCC1)N(C)CCOCC1CC1. The summed E-state index contributed by atoms with van der Waals surface area (Å²) in [6.45, 7) is 5.37. The predicted molar refractivity (Wildman–Crippen MR) is 97.2 cm³/mol. The maximum absolute atomic E-state index is 12.1. The maximum atomic E-state index is 12.1. The molecule has 2 aliphatic carbocycles. The number of ether oxygens (including phenoxy) is 1. The lowest BCUT2D eigenvalue weighted by molar-refractivity contribution is -0.120. The van der Waals surface area contributed by atoms with Crippen molar-refractivity contribution in [3.8, 4) is 0 Å². The minimum Gasteiger partial charge on any atom is -0.379 e. The molecule has 1 amide bonds. The molecule has 6 nitrogen and oxygen atoms in total. The number of hydrogen-bond acceptors (Lipinski definition) is 3. The molecule has 0 unspecified atom stereocenters. The number of nitrogens with one attached hydrogen (secondary N) is 2. The van der Waals surface area contributed by atoms with Gasteiger partial charge in [0.05, 0.1) is 6.61 Å². The molecule has 0 heterocycles. The van der Waals surface area contributed by atoms with E-state index in [0.29, 0.717) is 12.6 Å². The average molecular weight is 338 g/mol. The minimum absolute atomic E-state index is 0.0238. The lowest BCUT2D eigenvalue weighted by atomic mass is 9.95. The molecular weight excluding hydrogens is 304 g/mol. The van der Waals surface area contributed by atoms with Gasteiger partial charge >= 0.3 is 0 Å². The number of amides is 1. The quantitative estimate of drug-likeness (QED) is 0.382. The molecule has 0 aromatic rings. The third-order valence-electron chi connectivity index (χ3n) is 4.66. The molecule has 2 N–H and O–H groups in total. The van der Waals surface area contributed by atoms with Crippen molar-refractivity contribution in [2.75, 3.05) is 39.9 Å². The van der Waals surface area contributed by atoms with Crippen LogP contribution in [-0.2, 0) is 9.53 Å². The normalized spacial score (nSPS) is 19.2. The summed E-state index contributed by atoms with van der Waals surface area (Å²) in [4.78, 5) is 18.6. The van der Waals surface area contributed by atoms with Crippen LogP contribution in [0.25, 0.3) is 0 Å². The van der Waals surface area contributed by atoms with Crippen LogP contribution in [0.4, 0.5) is 0 Å². The molecule has 2 saturated carbocycles. The van der Waals surface area contributed by atoms with Gasteiger partial charge in [0, 0.05) is 32.8 Å². The molecule has 0 bridgehead atoms. The van der Waals surface area contributed by atoms with Gasteiger partial charge in [0.2, 0.25) is 5.91 Å². The highest BCUT2D eigenvalue weighted by atomic mass is 16.5. The molecule has 0 spiro atoms. The molecule has 138 valence electrons. The lowest BCUT2D eigenvalue weighted by Crippen LogP contribution is -2.42. The van der Waals surface area contributed by atoms with Gasteiger partial charge in [-0.05, 0) is 38.5 Å². The van der Waals surface area contributed by atoms with Crippen LogP contribution >= 0.6 is 0 Å². The van der Waals surface area contributed by atoms with Gasteiger partial charge in [-0.1, -0.05) is 19.3 Å². The topological polar surface area (TPSA) is 66.0 Å². The summed E-state index contributed by atoms with van der Waals surface area (Å²) in [7, 11) is 1.99. The van der Waals surface area contributed by atoms with Crippen LogP contribution in [0.3, 0.4) is 0 Å². The molecule has 0 aliphatic heterocycles. The molecular formula is C18H34N4O2. The molecule has 0 radical (unpaired) electrons. The van der Waals surface area contributed by atoms with Gasteiger partial charge in [-0.25, -0.2) is 4.99 Å². The van der Waals surface area contributed by atoms with Crippen molar-refractivity contribution in [2.45, 2.75) is 57.9 Å². The van der Waals surface area contributed by atoms with Crippen molar-refractivity contribution in [2.24, 2.45) is 10.9 Å². The highest BCUT2D eigenvalue weighted by Gasteiger charge is 2.21. The Balaban J connectivity index is 1.69. The first-order chi connectivity index (χ1) is 11.7. The average Bonchev–Trinajstić information content (AvgIpc) is 3.40. The number of likely N-dealkylation sites (N-methyl/N-ethyl adjacent to an activating group) is 1. The van der Waals surface area contributed by atoms with E-state index in [2.05, 4.69) is 15.6 Å². The van der Waals surface area contributed by atoms with Crippen molar-refractivity contribution in [1.29, 1.82) is 0 Å². The second kappa shape index (κ2) is 10.5. The Kier molecular flexibility index (Phi) is 8.36. The maximum Gasteiger partial charge on any atom is 0.242 e. The van der Waals surface area contributed by atoms with Crippen molar-refractivity contribution in [3.63, 3.8) is 0 Å². The molecule has 2 aliphatic rings. The van der Waals surface area contributed by atoms with Gasteiger partial charge in [0.15, 0.2) is 5.96 Å². The smallest absolute Gasteiger partial charge is 0.242 e. The summed E-state index contributed by atoms with van der Waals surface area (Å²) in [5.41, 5.74) is 0. The zero-order valence-electron chi connectivity index (χ0n) is 15.4. The molecule has 24 heavy (non-hydrogen) atoms. The third kappa shape index (κ3) is 7.51. The Morgan fingerprint density at radius 2 is 1.96 bits per heavy atom. The summed E-state index contributed by atoms with van der Waals surface area (Å²) in [5, 5.41) is 6.35. The van der Waals surface area contributed by atoms with E-state index in [9.17, 15) is 4.79 Å². The van der Waals surface area contributed by atoms with Crippen LogP contribution < -0.4 is 10.6 Å². The number of carbonyl (C=O) groups excluding carboxylic acids is 1. The number of nitrogens with zero attached hydrogens (tertiary/aromatic N) is 2. The molecule has 0 saturated heterocycles. The zero-order valence-corrected chi connectivity index (χ0v) is 15.4. The van der Waals surface area contributed by atoms with E-state index in [0.717, 1.165) is 44.4 Å². The van der Waals surface area contributed by atoms with Crippen LogP contribution in [0, 0.1) is 5.92 Å². The molecule has 6 heteroatoms. The Hall–Kier alpha value is -1.30. The lowest BCUT2D eigenvalue weighted by Gasteiger charge is -2.23. The number of guanidine groups is 1. The number of rotatable bonds is 9. The van der Waals surface area contributed by atoms with E-state index in [1.165, 1.54) is 32.1 Å². The molecule has 2 rings (SSSR count). The first-order valence-corrected chi connectivity index (χ1v) is 9.55. The van der Waals surface area contributed by atoms with Crippen molar-refractivity contribution in [3.05, 3.63) is 0 Å². The largest absolute Gasteiger partial charge is 0.379 e. The van der Waals surface area contributed by atoms with Crippen LogP contribution in [0.5, 0.6) is 0 Å². The zero-order chi connectivity index (χ0) is 17.2. The Labute approximate surface area is 146 Å². The van der Waals surface area contributed by atoms with Gasteiger partial charge < -0.3 is 20.3 Å². The second-order valence-corrected chi connectivity index (χ2v) is 7.01. The van der Waals surface area contributed by atoms with Gasteiger partial charge in [0.25, 0.3) is 0 Å². The standard InChI is InChI=1S/C18H34N4O2/c1-3-19-18(22(2)11-12-24-14-15-9-10-15)20-13-17(23)21-16-7-5-4-6-8-16/h15-16H,3-14H2,1-2H3,(H,19,20)(H,21,23).